The molecule has 5 aliphatic rings. The molecule has 14 heteroatoms. The molecule has 2 aromatic carbocycles. The summed E-state index contributed by atoms with van der Waals surface area (Å²) in [6, 6.07) is 6.25. The standard InChI is InChI=1S/C39H45F3N8O3/c1-3-31(52)50-20-38(21-50)10-14-47(15-11-38)36-28-16-27(24-5-6-24)33(32-23(2)4-7-30-29(32)17-43-46-30)35(53-22-39(40,41)42)34(28)44-37(45-36)49-12-8-25(18-49)48-13-9-26(51)19-48/h3-4,7,16-17,24-26,51H,1,5-6,8-15,18-22H2,2H3,(H,43,46)/t25-,26-/m0/s1. The highest BCUT2D eigenvalue weighted by Gasteiger charge is 2.47. The molecule has 2 aromatic heterocycles. The van der Waals surface area contributed by atoms with Crippen LogP contribution in [0.2, 0.25) is 0 Å². The number of nitrogens with zero attached hydrogens (tertiary/aromatic N) is 7. The summed E-state index contributed by atoms with van der Waals surface area (Å²) < 4.78 is 48.3. The largest absolute Gasteiger partial charge is 0.481 e. The van der Waals surface area contributed by atoms with Crippen LogP contribution in [-0.2, 0) is 4.79 Å². The predicted molar refractivity (Wildman–Crippen MR) is 196 cm³/mol. The summed E-state index contributed by atoms with van der Waals surface area (Å²) in [4.78, 5) is 31.2. The first-order chi connectivity index (χ1) is 25.5. The van der Waals surface area contributed by atoms with Crippen LogP contribution in [0.3, 0.4) is 0 Å². The van der Waals surface area contributed by atoms with Gasteiger partial charge in [-0.1, -0.05) is 12.6 Å². The van der Waals surface area contributed by atoms with Crippen LogP contribution >= 0.6 is 0 Å². The Morgan fingerprint density at radius 1 is 1.04 bits per heavy atom. The van der Waals surface area contributed by atoms with E-state index in [1.54, 1.807) is 6.20 Å². The van der Waals surface area contributed by atoms with Gasteiger partial charge in [0.1, 0.15) is 11.3 Å². The van der Waals surface area contributed by atoms with Crippen LogP contribution in [0.15, 0.2) is 37.1 Å². The molecule has 9 rings (SSSR count). The Morgan fingerprint density at radius 3 is 2.53 bits per heavy atom. The molecular formula is C39H45F3N8O3. The first-order valence-electron chi connectivity index (χ1n) is 18.8. The molecule has 2 N–H and O–H groups in total. The molecule has 11 nitrogen and oxygen atoms in total. The zero-order valence-corrected chi connectivity index (χ0v) is 30.0. The maximum atomic E-state index is 14.1. The van der Waals surface area contributed by atoms with Gasteiger partial charge in [-0.3, -0.25) is 14.8 Å². The van der Waals surface area contributed by atoms with Crippen molar-refractivity contribution in [2.75, 3.05) is 68.8 Å². The van der Waals surface area contributed by atoms with Crippen molar-refractivity contribution in [1.29, 1.82) is 0 Å². The first kappa shape index (κ1) is 34.3. The summed E-state index contributed by atoms with van der Waals surface area (Å²) in [5.74, 6) is 1.43. The van der Waals surface area contributed by atoms with Gasteiger partial charge in [0, 0.05) is 80.2 Å². The Balaban J connectivity index is 1.20. The van der Waals surface area contributed by atoms with E-state index in [0.717, 1.165) is 72.7 Å². The van der Waals surface area contributed by atoms with Gasteiger partial charge in [0.15, 0.2) is 12.4 Å². The number of benzene rings is 2. The second kappa shape index (κ2) is 12.9. The van der Waals surface area contributed by atoms with Gasteiger partial charge in [-0.2, -0.15) is 23.3 Å². The maximum absolute atomic E-state index is 14.1. The van der Waals surface area contributed by atoms with E-state index in [1.807, 2.05) is 24.0 Å². The Morgan fingerprint density at radius 2 is 1.83 bits per heavy atom. The Bertz CT molecular complexity index is 2080. The molecule has 1 amide bonds. The fourth-order valence-electron chi connectivity index (χ4n) is 9.22. The minimum atomic E-state index is -4.57. The number of alkyl halides is 3. The van der Waals surface area contributed by atoms with Crippen LogP contribution in [0.5, 0.6) is 5.75 Å². The number of halogens is 3. The number of piperidine rings is 1. The lowest BCUT2D eigenvalue weighted by Crippen LogP contribution is -2.61. The number of H-pyrrole nitrogens is 1. The predicted octanol–water partition coefficient (Wildman–Crippen LogP) is 5.56. The molecule has 2 atom stereocenters. The quantitative estimate of drug-likeness (QED) is 0.225. The Labute approximate surface area is 305 Å². The van der Waals surface area contributed by atoms with Gasteiger partial charge in [-0.05, 0) is 86.3 Å². The van der Waals surface area contributed by atoms with Crippen LogP contribution < -0.4 is 14.5 Å². The molecule has 5 fully saturated rings. The third-order valence-corrected chi connectivity index (χ3v) is 12.2. The second-order valence-corrected chi connectivity index (χ2v) is 15.9. The van der Waals surface area contributed by atoms with Crippen LogP contribution in [0.25, 0.3) is 32.9 Å². The number of β-amino-alcohol motifs (C(OH)–C–C–N with tert-alkyl or cyclic N) is 1. The highest BCUT2D eigenvalue weighted by molar-refractivity contribution is 6.06. The molecule has 280 valence electrons. The lowest BCUT2D eigenvalue weighted by atomic mass is 9.72. The molecule has 0 bridgehead atoms. The topological polar surface area (TPSA) is 114 Å². The molecule has 4 aliphatic heterocycles. The minimum absolute atomic E-state index is 0.0391. The molecule has 1 spiro atoms. The van der Waals surface area contributed by atoms with E-state index < -0.39 is 12.8 Å². The van der Waals surface area contributed by atoms with Crippen molar-refractivity contribution in [2.24, 2.45) is 5.41 Å². The number of ether oxygens (including phenoxy) is 1. The summed E-state index contributed by atoms with van der Waals surface area (Å²) >= 11 is 0. The van der Waals surface area contributed by atoms with E-state index in [4.69, 9.17) is 14.7 Å². The van der Waals surface area contributed by atoms with Gasteiger partial charge < -0.3 is 24.5 Å². The summed E-state index contributed by atoms with van der Waals surface area (Å²) in [6.45, 7) is 9.77. The number of aromatic amines is 1. The number of aliphatic hydroxyl groups excluding tert-OH is 1. The van der Waals surface area contributed by atoms with Crippen molar-refractivity contribution in [2.45, 2.75) is 69.7 Å². The first-order valence-corrected chi connectivity index (χ1v) is 18.8. The van der Waals surface area contributed by atoms with Crippen molar-refractivity contribution < 1.29 is 27.8 Å². The number of hydrogen-bond acceptors (Lipinski definition) is 9. The number of hydrogen-bond donors (Lipinski definition) is 2. The summed E-state index contributed by atoms with van der Waals surface area (Å²) in [5.41, 5.74) is 4.51. The van der Waals surface area contributed by atoms with E-state index in [9.17, 15) is 23.1 Å². The van der Waals surface area contributed by atoms with Crippen molar-refractivity contribution in [3.05, 3.63) is 48.2 Å². The lowest BCUT2D eigenvalue weighted by Gasteiger charge is -2.54. The van der Waals surface area contributed by atoms with Crippen molar-refractivity contribution in [1.82, 2.24) is 30.0 Å². The van der Waals surface area contributed by atoms with E-state index in [-0.39, 0.29) is 35.1 Å². The fraction of sp³-hybridized carbons (Fsp3) is 0.538. The Hall–Kier alpha value is -4.43. The fourth-order valence-corrected chi connectivity index (χ4v) is 9.22. The molecule has 0 radical (unpaired) electrons. The SMILES string of the molecule is C=CC(=O)N1CC2(CCN(c3nc(N4CC[C@H](N5CC[C@H](O)C5)C4)nc4c(OCC(F)(F)F)c(-c5c(C)ccc6[nH]ncc56)c(C5CC5)cc34)CC2)C1. The van der Waals surface area contributed by atoms with Gasteiger partial charge in [0.25, 0.3) is 0 Å². The highest BCUT2D eigenvalue weighted by Crippen LogP contribution is 2.53. The number of aliphatic hydroxyl groups is 1. The van der Waals surface area contributed by atoms with E-state index in [1.165, 1.54) is 6.08 Å². The molecule has 1 saturated carbocycles. The molecule has 6 heterocycles. The number of fused-ring (bicyclic) bond motifs is 2. The number of anilines is 2. The molecule has 0 unspecified atom stereocenters. The summed E-state index contributed by atoms with van der Waals surface area (Å²) in [7, 11) is 0. The second-order valence-electron chi connectivity index (χ2n) is 15.9. The summed E-state index contributed by atoms with van der Waals surface area (Å²) in [5, 5.41) is 19.1. The van der Waals surface area contributed by atoms with Crippen LogP contribution in [-0.4, -0.2) is 118 Å². The van der Waals surface area contributed by atoms with Crippen molar-refractivity contribution in [3.8, 4) is 16.9 Å². The van der Waals surface area contributed by atoms with Gasteiger partial charge >= 0.3 is 6.18 Å². The molecule has 4 aromatic rings. The number of aryl methyl sites for hydroxylation is 1. The average molecular weight is 731 g/mol. The lowest BCUT2D eigenvalue weighted by molar-refractivity contribution is -0.153. The van der Waals surface area contributed by atoms with Gasteiger partial charge in [-0.25, -0.2) is 4.98 Å². The average Bonchev–Trinajstić information content (AvgIpc) is 3.45. The third kappa shape index (κ3) is 6.26. The number of likely N-dealkylation sites (tertiary alicyclic amines) is 2. The highest BCUT2D eigenvalue weighted by atomic mass is 19.4. The zero-order valence-electron chi connectivity index (χ0n) is 30.0. The molecule has 4 saturated heterocycles. The number of carbonyl (C=O) groups excluding carboxylic acids is 1. The van der Waals surface area contributed by atoms with Crippen LogP contribution in [0, 0.1) is 12.3 Å². The number of amides is 1. The third-order valence-electron chi connectivity index (χ3n) is 12.2. The number of aromatic nitrogens is 4. The normalized spacial score (nSPS) is 23.4. The summed E-state index contributed by atoms with van der Waals surface area (Å²) in [6.07, 6.45) is 3.41. The van der Waals surface area contributed by atoms with E-state index >= 15 is 0 Å². The van der Waals surface area contributed by atoms with E-state index in [0.29, 0.717) is 74.0 Å². The van der Waals surface area contributed by atoms with Crippen molar-refractivity contribution in [3.63, 3.8) is 0 Å². The number of carbonyl (C=O) groups is 1. The monoisotopic (exact) mass is 730 g/mol. The van der Waals surface area contributed by atoms with E-state index in [2.05, 4.69) is 37.5 Å². The van der Waals surface area contributed by atoms with Crippen LogP contribution in [0.1, 0.15) is 55.6 Å². The number of nitrogens with one attached hydrogen (secondary N) is 1. The number of rotatable bonds is 8. The van der Waals surface area contributed by atoms with Gasteiger partial charge in [-0.15, -0.1) is 0 Å². The van der Waals surface area contributed by atoms with Gasteiger partial charge in [0.05, 0.1) is 17.8 Å². The molecule has 53 heavy (non-hydrogen) atoms. The smallest absolute Gasteiger partial charge is 0.422 e. The Kier molecular flexibility index (Phi) is 8.33. The van der Waals surface area contributed by atoms with Crippen LogP contribution in [0.4, 0.5) is 24.9 Å². The minimum Gasteiger partial charge on any atom is -0.481 e. The van der Waals surface area contributed by atoms with Crippen molar-refractivity contribution >= 4 is 39.5 Å². The maximum Gasteiger partial charge on any atom is 0.422 e. The zero-order chi connectivity index (χ0) is 36.6. The van der Waals surface area contributed by atoms with Gasteiger partial charge in [0.2, 0.25) is 11.9 Å². The molecular weight excluding hydrogens is 685 g/mol. The molecule has 1 aliphatic carbocycles.